The summed E-state index contributed by atoms with van der Waals surface area (Å²) in [6, 6.07) is 2.84. The predicted octanol–water partition coefficient (Wildman–Crippen LogP) is 3.77. The Kier molecular flexibility index (Phi) is 4.50. The molecule has 3 rings (SSSR count). The smallest absolute Gasteiger partial charge is 0.360 e. The van der Waals surface area contributed by atoms with Crippen LogP contribution in [0.15, 0.2) is 18.2 Å². The Morgan fingerprint density at radius 1 is 1.21 bits per heavy atom. The van der Waals surface area contributed by atoms with E-state index in [9.17, 15) is 23.3 Å². The van der Waals surface area contributed by atoms with Gasteiger partial charge in [0.05, 0.1) is 43.2 Å². The van der Waals surface area contributed by atoms with Gasteiger partial charge < -0.3 is 9.38 Å². The van der Waals surface area contributed by atoms with Crippen LogP contribution in [0.1, 0.15) is 18.4 Å². The number of halogens is 4. The lowest BCUT2D eigenvalue weighted by molar-refractivity contribution is -0.925. The molecule has 2 heterocycles. The quantitative estimate of drug-likeness (QED) is 0.246. The van der Waals surface area contributed by atoms with Gasteiger partial charge in [-0.25, -0.2) is 0 Å². The zero-order chi connectivity index (χ0) is 17.5. The minimum atomic E-state index is -4.60. The molecule has 1 aromatic rings. The molecule has 2 aliphatic rings. The van der Waals surface area contributed by atoms with Gasteiger partial charge in [-0.3, -0.25) is 10.1 Å². The third-order valence-electron chi connectivity index (χ3n) is 5.08. The number of anilines is 1. The van der Waals surface area contributed by atoms with Gasteiger partial charge in [-0.1, -0.05) is 0 Å². The maximum absolute atomic E-state index is 13.0. The van der Waals surface area contributed by atoms with Crippen LogP contribution in [0.2, 0.25) is 0 Å². The summed E-state index contributed by atoms with van der Waals surface area (Å²) in [5, 5.41) is 11.0. The number of nitro groups is 1. The Balaban J connectivity index is 1.85. The standard InChI is InChI=1S/C15H18BrF3N3O2/c16-14-2-1-5-22(14)6-3-20(4-7-22)12-8-11(15(17,18)19)9-13(10-12)21(23)24/h8-10,14H,1-7H2/q+1. The van der Waals surface area contributed by atoms with Gasteiger partial charge in [0.1, 0.15) is 4.95 Å². The van der Waals surface area contributed by atoms with Crippen LogP contribution in [0.5, 0.6) is 0 Å². The molecular formula is C15H18BrF3N3O2+. The normalized spacial score (nSPS) is 23.7. The lowest BCUT2D eigenvalue weighted by Gasteiger charge is -2.45. The lowest BCUT2D eigenvalue weighted by atomic mass is 10.1. The van der Waals surface area contributed by atoms with Crippen molar-refractivity contribution in [3.8, 4) is 0 Å². The topological polar surface area (TPSA) is 46.4 Å². The molecule has 1 atom stereocenters. The van der Waals surface area contributed by atoms with E-state index in [2.05, 4.69) is 15.9 Å². The summed E-state index contributed by atoms with van der Waals surface area (Å²) < 4.78 is 40.0. The van der Waals surface area contributed by atoms with Crippen LogP contribution in [0.3, 0.4) is 0 Å². The molecule has 0 radical (unpaired) electrons. The van der Waals surface area contributed by atoms with Gasteiger partial charge in [-0.05, 0) is 22.0 Å². The van der Waals surface area contributed by atoms with Crippen LogP contribution >= 0.6 is 15.9 Å². The summed E-state index contributed by atoms with van der Waals surface area (Å²) in [5.74, 6) is 0. The number of quaternary nitrogens is 1. The second kappa shape index (κ2) is 6.18. The number of hydrogen-bond donors (Lipinski definition) is 0. The van der Waals surface area contributed by atoms with Gasteiger partial charge in [0.25, 0.3) is 5.69 Å². The zero-order valence-electron chi connectivity index (χ0n) is 12.9. The van der Waals surface area contributed by atoms with E-state index in [1.807, 2.05) is 4.90 Å². The first kappa shape index (κ1) is 17.5. The number of rotatable bonds is 2. The van der Waals surface area contributed by atoms with Crippen LogP contribution in [-0.4, -0.2) is 47.1 Å². The van der Waals surface area contributed by atoms with Crippen LogP contribution in [-0.2, 0) is 6.18 Å². The highest BCUT2D eigenvalue weighted by atomic mass is 79.9. The van der Waals surface area contributed by atoms with Crippen molar-refractivity contribution >= 4 is 27.3 Å². The molecule has 0 saturated carbocycles. The molecule has 0 N–H and O–H groups in total. The number of nitrogens with zero attached hydrogens (tertiary/aromatic N) is 3. The molecule has 0 amide bonds. The molecule has 5 nitrogen and oxygen atoms in total. The average Bonchev–Trinajstić information content (AvgIpc) is 2.87. The Bertz CT molecular complexity index is 645. The van der Waals surface area contributed by atoms with Crippen molar-refractivity contribution < 1.29 is 22.6 Å². The van der Waals surface area contributed by atoms with E-state index in [-0.39, 0.29) is 5.69 Å². The Labute approximate surface area is 145 Å². The Hall–Kier alpha value is -1.35. The molecule has 1 spiro atoms. The number of hydrogen-bond acceptors (Lipinski definition) is 3. The number of nitro benzene ring substituents is 1. The largest absolute Gasteiger partial charge is 0.416 e. The highest BCUT2D eigenvalue weighted by Crippen LogP contribution is 2.37. The fourth-order valence-electron chi connectivity index (χ4n) is 3.66. The number of piperazine rings is 1. The van der Waals surface area contributed by atoms with Gasteiger partial charge >= 0.3 is 6.18 Å². The summed E-state index contributed by atoms with van der Waals surface area (Å²) in [5.41, 5.74) is -1.21. The molecular weight excluding hydrogens is 391 g/mol. The second-order valence-electron chi connectivity index (χ2n) is 6.45. The van der Waals surface area contributed by atoms with E-state index in [0.717, 1.165) is 43.0 Å². The summed E-state index contributed by atoms with van der Waals surface area (Å²) >= 11 is 3.72. The van der Waals surface area contributed by atoms with Crippen molar-refractivity contribution in [2.75, 3.05) is 37.6 Å². The molecule has 1 unspecified atom stereocenters. The molecule has 24 heavy (non-hydrogen) atoms. The van der Waals surface area contributed by atoms with E-state index in [0.29, 0.717) is 24.1 Å². The summed E-state index contributed by atoms with van der Waals surface area (Å²) in [7, 11) is 0. The molecule has 0 bridgehead atoms. The van der Waals surface area contributed by atoms with E-state index < -0.39 is 22.4 Å². The van der Waals surface area contributed by atoms with Crippen LogP contribution < -0.4 is 4.90 Å². The first-order valence-corrected chi connectivity index (χ1v) is 8.74. The summed E-state index contributed by atoms with van der Waals surface area (Å²) in [4.78, 5) is 12.4. The number of benzene rings is 1. The fourth-order valence-corrected chi connectivity index (χ4v) is 4.60. The van der Waals surface area contributed by atoms with E-state index in [4.69, 9.17) is 0 Å². The van der Waals surface area contributed by atoms with Gasteiger partial charge in [0.15, 0.2) is 0 Å². The molecule has 2 fully saturated rings. The van der Waals surface area contributed by atoms with Crippen LogP contribution in [0.4, 0.5) is 24.5 Å². The molecule has 9 heteroatoms. The first-order valence-electron chi connectivity index (χ1n) is 7.83. The molecule has 0 aromatic heterocycles. The summed E-state index contributed by atoms with van der Waals surface area (Å²) in [6.07, 6.45) is -2.35. The fraction of sp³-hybridized carbons (Fsp3) is 0.600. The third kappa shape index (κ3) is 3.23. The minimum absolute atomic E-state index is 0.277. The van der Waals surface area contributed by atoms with Gasteiger partial charge in [-0.2, -0.15) is 13.2 Å². The van der Waals surface area contributed by atoms with Crippen molar-refractivity contribution in [3.05, 3.63) is 33.9 Å². The van der Waals surface area contributed by atoms with Gasteiger partial charge in [0.2, 0.25) is 0 Å². The highest BCUT2D eigenvalue weighted by Gasteiger charge is 2.43. The molecule has 1 aromatic carbocycles. The van der Waals surface area contributed by atoms with Crippen LogP contribution in [0, 0.1) is 10.1 Å². The Morgan fingerprint density at radius 2 is 1.88 bits per heavy atom. The van der Waals surface area contributed by atoms with Crippen molar-refractivity contribution in [2.24, 2.45) is 0 Å². The first-order chi connectivity index (χ1) is 11.2. The van der Waals surface area contributed by atoms with Crippen molar-refractivity contribution in [1.82, 2.24) is 0 Å². The van der Waals surface area contributed by atoms with Gasteiger partial charge in [0, 0.05) is 30.7 Å². The second-order valence-corrected chi connectivity index (χ2v) is 7.50. The van der Waals surface area contributed by atoms with Crippen molar-refractivity contribution in [3.63, 3.8) is 0 Å². The van der Waals surface area contributed by atoms with Crippen LogP contribution in [0.25, 0.3) is 0 Å². The lowest BCUT2D eigenvalue weighted by Crippen LogP contribution is -2.60. The maximum atomic E-state index is 13.0. The Morgan fingerprint density at radius 3 is 2.38 bits per heavy atom. The van der Waals surface area contributed by atoms with E-state index >= 15 is 0 Å². The predicted molar refractivity (Wildman–Crippen MR) is 87.1 cm³/mol. The van der Waals surface area contributed by atoms with Crippen molar-refractivity contribution in [2.45, 2.75) is 24.0 Å². The highest BCUT2D eigenvalue weighted by molar-refractivity contribution is 9.09. The number of non-ortho nitro benzene ring substituents is 1. The minimum Gasteiger partial charge on any atom is -0.360 e. The monoisotopic (exact) mass is 408 g/mol. The maximum Gasteiger partial charge on any atom is 0.416 e. The summed E-state index contributed by atoms with van der Waals surface area (Å²) in [6.45, 7) is 3.94. The molecule has 2 saturated heterocycles. The van der Waals surface area contributed by atoms with Gasteiger partial charge in [-0.15, -0.1) is 0 Å². The zero-order valence-corrected chi connectivity index (χ0v) is 14.5. The van der Waals surface area contributed by atoms with Crippen molar-refractivity contribution in [1.29, 1.82) is 0 Å². The molecule has 132 valence electrons. The molecule has 0 aliphatic carbocycles. The molecule has 2 aliphatic heterocycles. The van der Waals surface area contributed by atoms with E-state index in [1.165, 1.54) is 6.07 Å². The SMILES string of the molecule is O=[N+]([O-])c1cc(N2CC[N+]3(CCCC3Br)CC2)cc(C(F)(F)F)c1. The third-order valence-corrected chi connectivity index (χ3v) is 6.40. The average molecular weight is 409 g/mol. The number of alkyl halides is 4. The van der Waals surface area contributed by atoms with E-state index in [1.54, 1.807) is 0 Å².